The summed E-state index contributed by atoms with van der Waals surface area (Å²) in [7, 11) is 4.59. The molecule has 9 heteroatoms. The first kappa shape index (κ1) is 27.2. The Morgan fingerprint density at radius 3 is 2.14 bits per heavy atom. The Hall–Kier alpha value is -3.42. The number of likely N-dealkylation sites (N-methyl/N-ethyl adjacent to an activating group) is 1. The van der Waals surface area contributed by atoms with Crippen molar-refractivity contribution in [1.82, 2.24) is 10.2 Å². The average molecular weight is 531 g/mol. The van der Waals surface area contributed by atoms with Gasteiger partial charge in [0.2, 0.25) is 5.91 Å². The summed E-state index contributed by atoms with van der Waals surface area (Å²) in [5.74, 6) is 0.735. The van der Waals surface area contributed by atoms with Gasteiger partial charge in [-0.25, -0.2) is 0 Å². The number of hydrogen-bond donors (Lipinski definition) is 1. The lowest BCUT2D eigenvalue weighted by Gasteiger charge is -2.31. The highest BCUT2D eigenvalue weighted by atomic mass is 35.5. The predicted molar refractivity (Wildman–Crippen MR) is 140 cm³/mol. The number of amides is 2. The summed E-state index contributed by atoms with van der Waals surface area (Å²) in [5.41, 5.74) is 1.56. The molecule has 190 valence electrons. The molecule has 2 amide bonds. The average Bonchev–Trinajstić information content (AvgIpc) is 2.90. The van der Waals surface area contributed by atoms with Crippen LogP contribution < -0.4 is 19.5 Å². The largest absolute Gasteiger partial charge is 0.496 e. The van der Waals surface area contributed by atoms with Gasteiger partial charge in [0.25, 0.3) is 5.91 Å². The second-order valence-electron chi connectivity index (χ2n) is 7.91. The standard InChI is InChI=1S/C27H28Cl2N2O5/c1-30-27(33)25(11-18-7-5-4-6-8-18)31(16-19-9-10-20(28)12-24(19)29)26(32)17-36-23-14-21(34-2)13-22(15-23)35-3/h4-10,12-15,25H,11,16-17H2,1-3H3,(H,30,33)/t25-/m0/s1. The van der Waals surface area contributed by atoms with E-state index in [9.17, 15) is 9.59 Å². The van der Waals surface area contributed by atoms with Gasteiger partial charge < -0.3 is 24.4 Å². The fraction of sp³-hybridized carbons (Fsp3) is 0.259. The third-order valence-electron chi connectivity index (χ3n) is 5.56. The van der Waals surface area contributed by atoms with E-state index in [1.54, 1.807) is 36.4 Å². The van der Waals surface area contributed by atoms with Crippen LogP contribution in [0.2, 0.25) is 10.0 Å². The summed E-state index contributed by atoms with van der Waals surface area (Å²) in [6.07, 6.45) is 0.310. The van der Waals surface area contributed by atoms with Crippen LogP contribution in [0.4, 0.5) is 0 Å². The molecule has 7 nitrogen and oxygen atoms in total. The summed E-state index contributed by atoms with van der Waals surface area (Å²) >= 11 is 12.5. The number of ether oxygens (including phenoxy) is 3. The van der Waals surface area contributed by atoms with Crippen LogP contribution in [0.3, 0.4) is 0 Å². The number of halogens is 2. The number of carbonyl (C=O) groups is 2. The van der Waals surface area contributed by atoms with Crippen molar-refractivity contribution in [3.05, 3.63) is 87.9 Å². The minimum atomic E-state index is -0.805. The number of rotatable bonds is 11. The normalized spacial score (nSPS) is 11.4. The van der Waals surface area contributed by atoms with Crippen LogP contribution in [0.5, 0.6) is 17.2 Å². The molecule has 36 heavy (non-hydrogen) atoms. The third kappa shape index (κ3) is 7.29. The molecule has 0 bridgehead atoms. The first-order valence-corrected chi connectivity index (χ1v) is 11.9. The molecule has 0 aromatic heterocycles. The molecule has 0 spiro atoms. The summed E-state index contributed by atoms with van der Waals surface area (Å²) in [6.45, 7) is -0.228. The number of nitrogens with one attached hydrogen (secondary N) is 1. The number of benzene rings is 3. The molecular weight excluding hydrogens is 503 g/mol. The van der Waals surface area contributed by atoms with Crippen LogP contribution in [0.15, 0.2) is 66.7 Å². The maximum atomic E-state index is 13.5. The second-order valence-corrected chi connectivity index (χ2v) is 8.76. The summed E-state index contributed by atoms with van der Waals surface area (Å²) in [4.78, 5) is 28.0. The Morgan fingerprint density at radius 2 is 1.56 bits per heavy atom. The molecule has 3 aromatic rings. The second kappa shape index (κ2) is 13.0. The van der Waals surface area contributed by atoms with E-state index in [0.29, 0.717) is 39.3 Å². The fourth-order valence-corrected chi connectivity index (χ4v) is 4.11. The van der Waals surface area contributed by atoms with E-state index in [4.69, 9.17) is 37.4 Å². The molecule has 1 atom stereocenters. The summed E-state index contributed by atoms with van der Waals surface area (Å²) in [5, 5.41) is 3.55. The van der Waals surface area contributed by atoms with Gasteiger partial charge in [-0.1, -0.05) is 59.6 Å². The molecule has 0 aliphatic carbocycles. The lowest BCUT2D eigenvalue weighted by molar-refractivity contribution is -0.142. The maximum absolute atomic E-state index is 13.5. The van der Waals surface area contributed by atoms with Crippen LogP contribution in [-0.4, -0.2) is 50.6 Å². The highest BCUT2D eigenvalue weighted by molar-refractivity contribution is 6.35. The monoisotopic (exact) mass is 530 g/mol. The summed E-state index contributed by atoms with van der Waals surface area (Å²) < 4.78 is 16.3. The topological polar surface area (TPSA) is 77.1 Å². The molecule has 0 fully saturated rings. The first-order chi connectivity index (χ1) is 17.3. The number of carbonyl (C=O) groups excluding carboxylic acids is 2. The van der Waals surface area contributed by atoms with Gasteiger partial charge >= 0.3 is 0 Å². The smallest absolute Gasteiger partial charge is 0.261 e. The zero-order chi connectivity index (χ0) is 26.1. The van der Waals surface area contributed by atoms with Crippen molar-refractivity contribution < 1.29 is 23.8 Å². The molecule has 0 unspecified atom stereocenters. The Morgan fingerprint density at radius 1 is 0.917 bits per heavy atom. The first-order valence-electron chi connectivity index (χ1n) is 11.2. The molecule has 0 aliphatic heterocycles. The highest BCUT2D eigenvalue weighted by Crippen LogP contribution is 2.28. The van der Waals surface area contributed by atoms with Crippen molar-refractivity contribution in [2.24, 2.45) is 0 Å². The lowest BCUT2D eigenvalue weighted by Crippen LogP contribution is -2.51. The van der Waals surface area contributed by atoms with Crippen molar-refractivity contribution in [3.8, 4) is 17.2 Å². The molecule has 0 saturated heterocycles. The third-order valence-corrected chi connectivity index (χ3v) is 6.15. The predicted octanol–water partition coefficient (Wildman–Crippen LogP) is 4.78. The van der Waals surface area contributed by atoms with Crippen LogP contribution >= 0.6 is 23.2 Å². The highest BCUT2D eigenvalue weighted by Gasteiger charge is 2.30. The van der Waals surface area contributed by atoms with E-state index in [1.807, 2.05) is 30.3 Å². The number of methoxy groups -OCH3 is 2. The zero-order valence-corrected chi connectivity index (χ0v) is 21.8. The molecular formula is C27H28Cl2N2O5. The molecule has 1 N–H and O–H groups in total. The fourth-order valence-electron chi connectivity index (χ4n) is 3.65. The minimum Gasteiger partial charge on any atom is -0.496 e. The Bertz CT molecular complexity index is 1170. The van der Waals surface area contributed by atoms with Crippen LogP contribution in [0, 0.1) is 0 Å². The molecule has 0 saturated carbocycles. The Balaban J connectivity index is 1.91. The van der Waals surface area contributed by atoms with Gasteiger partial charge in [0.05, 0.1) is 14.2 Å². The molecule has 3 rings (SSSR count). The van der Waals surface area contributed by atoms with Crippen molar-refractivity contribution in [1.29, 1.82) is 0 Å². The molecule has 0 aliphatic rings. The summed E-state index contributed by atoms with van der Waals surface area (Å²) in [6, 6.07) is 18.7. The SMILES string of the molecule is CNC(=O)[C@H](Cc1ccccc1)N(Cc1ccc(Cl)cc1Cl)C(=O)COc1cc(OC)cc(OC)c1. The van der Waals surface area contributed by atoms with Gasteiger partial charge in [0.15, 0.2) is 6.61 Å². The molecule has 0 heterocycles. The Labute approximate surface area is 220 Å². The Kier molecular flexibility index (Phi) is 9.85. The zero-order valence-electron chi connectivity index (χ0n) is 20.3. The lowest BCUT2D eigenvalue weighted by atomic mass is 10.0. The van der Waals surface area contributed by atoms with E-state index < -0.39 is 11.9 Å². The van der Waals surface area contributed by atoms with Crippen LogP contribution in [0.25, 0.3) is 0 Å². The minimum absolute atomic E-state index is 0.0878. The van der Waals surface area contributed by atoms with Crippen molar-refractivity contribution in [3.63, 3.8) is 0 Å². The van der Waals surface area contributed by atoms with Gasteiger partial charge in [-0.3, -0.25) is 9.59 Å². The van der Waals surface area contributed by atoms with E-state index in [2.05, 4.69) is 5.32 Å². The van der Waals surface area contributed by atoms with E-state index >= 15 is 0 Å². The van der Waals surface area contributed by atoms with Crippen molar-refractivity contribution in [2.75, 3.05) is 27.9 Å². The molecule has 0 radical (unpaired) electrons. The van der Waals surface area contributed by atoms with Gasteiger partial charge in [-0.15, -0.1) is 0 Å². The van der Waals surface area contributed by atoms with Crippen LogP contribution in [-0.2, 0) is 22.6 Å². The van der Waals surface area contributed by atoms with Gasteiger partial charge in [-0.2, -0.15) is 0 Å². The van der Waals surface area contributed by atoms with Gasteiger partial charge in [0, 0.05) is 48.3 Å². The van der Waals surface area contributed by atoms with E-state index in [0.717, 1.165) is 5.56 Å². The van der Waals surface area contributed by atoms with Crippen molar-refractivity contribution in [2.45, 2.75) is 19.0 Å². The van der Waals surface area contributed by atoms with E-state index in [1.165, 1.54) is 26.2 Å². The van der Waals surface area contributed by atoms with E-state index in [-0.39, 0.29) is 19.1 Å². The number of nitrogens with zero attached hydrogens (tertiary/aromatic N) is 1. The number of hydrogen-bond acceptors (Lipinski definition) is 5. The maximum Gasteiger partial charge on any atom is 0.261 e. The molecule has 3 aromatic carbocycles. The van der Waals surface area contributed by atoms with Crippen molar-refractivity contribution >= 4 is 35.0 Å². The van der Waals surface area contributed by atoms with Gasteiger partial charge in [0.1, 0.15) is 23.3 Å². The van der Waals surface area contributed by atoms with Crippen LogP contribution in [0.1, 0.15) is 11.1 Å². The van der Waals surface area contributed by atoms with Gasteiger partial charge in [-0.05, 0) is 23.3 Å². The quantitative estimate of drug-likeness (QED) is 0.386.